The van der Waals surface area contributed by atoms with Gasteiger partial charge in [0.15, 0.2) is 0 Å². The number of carbonyl (C=O) groups excluding carboxylic acids is 1. The van der Waals surface area contributed by atoms with Crippen molar-refractivity contribution in [3.63, 3.8) is 0 Å². The Morgan fingerprint density at radius 2 is 1.60 bits per heavy atom. The predicted molar refractivity (Wildman–Crippen MR) is 264 cm³/mol. The standard InChI is InChI=1S/C51H57Cl2N5O6Si/c1-30-22-37(23-31(2)46(30)53)63-19-13-16-39-40-17-18-41(52)45(44-33(4)54-57(34(44)5)29-62-20-21-65(7,8)9)48(40)58-32(3)27-56(50(59)49(39)58)42-26-38(64-28-35-14-11-10-12-15-35)24-36-25-43(51(60)61)55(6)47(36)42/h10-12,14-15,17-18,22-26,32H,13,16,19-21,27-29H2,1-9H3,(H,60,61)/t32-/m1/s1. The topological polar surface area (TPSA) is 113 Å². The van der Waals surface area contributed by atoms with E-state index in [0.717, 1.165) is 72.5 Å². The van der Waals surface area contributed by atoms with Gasteiger partial charge in [0.2, 0.25) is 0 Å². The minimum absolute atomic E-state index is 0.104. The number of rotatable bonds is 16. The lowest BCUT2D eigenvalue weighted by Gasteiger charge is -2.35. The second kappa shape index (κ2) is 18.4. The lowest BCUT2D eigenvalue weighted by molar-refractivity contribution is 0.0686. The number of anilines is 1. The number of aromatic carboxylic acids is 1. The van der Waals surface area contributed by atoms with Gasteiger partial charge >= 0.3 is 5.97 Å². The molecule has 1 aliphatic heterocycles. The van der Waals surface area contributed by atoms with Gasteiger partial charge in [-0.05, 0) is 106 Å². The maximum absolute atomic E-state index is 15.6. The van der Waals surface area contributed by atoms with Crippen molar-refractivity contribution in [3.05, 3.63) is 128 Å². The summed E-state index contributed by atoms with van der Waals surface area (Å²) in [7, 11) is 0.440. The Hall–Kier alpha value is -5.53. The van der Waals surface area contributed by atoms with E-state index in [2.05, 4.69) is 31.1 Å². The fourth-order valence-corrected chi connectivity index (χ4v) is 10.3. The largest absolute Gasteiger partial charge is 0.494 e. The van der Waals surface area contributed by atoms with Crippen molar-refractivity contribution in [2.75, 3.05) is 24.7 Å². The van der Waals surface area contributed by atoms with Gasteiger partial charge in [0, 0.05) is 73.0 Å². The molecular formula is C51H57Cl2N5O6Si. The monoisotopic (exact) mass is 933 g/mol. The number of carbonyl (C=O) groups is 2. The van der Waals surface area contributed by atoms with Crippen LogP contribution in [0.25, 0.3) is 32.9 Å². The van der Waals surface area contributed by atoms with Crippen molar-refractivity contribution in [1.29, 1.82) is 0 Å². The highest BCUT2D eigenvalue weighted by atomic mass is 35.5. The van der Waals surface area contributed by atoms with Crippen LogP contribution in [0.2, 0.25) is 35.7 Å². The number of amides is 1. The molecule has 0 saturated heterocycles. The molecule has 4 heterocycles. The molecule has 1 atom stereocenters. The van der Waals surface area contributed by atoms with Gasteiger partial charge in [0.25, 0.3) is 5.91 Å². The molecule has 0 saturated carbocycles. The lowest BCUT2D eigenvalue weighted by atomic mass is 9.98. The van der Waals surface area contributed by atoms with Gasteiger partial charge in [0.05, 0.1) is 34.0 Å². The Labute approximate surface area is 391 Å². The molecule has 0 unspecified atom stereocenters. The molecule has 3 aromatic heterocycles. The number of aromatic nitrogens is 4. The molecule has 1 amide bonds. The fourth-order valence-electron chi connectivity index (χ4n) is 9.20. The van der Waals surface area contributed by atoms with Crippen molar-refractivity contribution >= 4 is 70.6 Å². The average molecular weight is 935 g/mol. The van der Waals surface area contributed by atoms with E-state index in [4.69, 9.17) is 42.5 Å². The molecular weight excluding hydrogens is 878 g/mol. The normalized spacial score (nSPS) is 14.2. The second-order valence-corrected chi connectivity index (χ2v) is 25.0. The maximum Gasteiger partial charge on any atom is 0.352 e. The van der Waals surface area contributed by atoms with Crippen LogP contribution in [0.4, 0.5) is 5.69 Å². The third-order valence-electron chi connectivity index (χ3n) is 12.5. The van der Waals surface area contributed by atoms with Crippen molar-refractivity contribution in [2.24, 2.45) is 7.05 Å². The predicted octanol–water partition coefficient (Wildman–Crippen LogP) is 12.4. The number of benzene rings is 4. The zero-order valence-electron chi connectivity index (χ0n) is 38.6. The Morgan fingerprint density at radius 3 is 2.29 bits per heavy atom. The first-order chi connectivity index (χ1) is 30.9. The summed E-state index contributed by atoms with van der Waals surface area (Å²) < 4.78 is 24.6. The SMILES string of the molecule is Cc1cc(OCCCc2c3n(c4c(-c5c(C)nn(COCC[Si](C)(C)C)c5C)c(Cl)ccc24)[C@H](C)CN(c2cc(OCc4ccccc4)cc4cc(C(=O)O)n(C)c24)C3=O)cc(C)c1Cl. The molecule has 4 aromatic carbocycles. The van der Waals surface area contributed by atoms with Crippen molar-refractivity contribution in [1.82, 2.24) is 18.9 Å². The van der Waals surface area contributed by atoms with E-state index >= 15 is 4.79 Å². The molecule has 1 N–H and O–H groups in total. The Morgan fingerprint density at radius 1 is 0.892 bits per heavy atom. The number of fused-ring (bicyclic) bond motifs is 4. The third kappa shape index (κ3) is 9.06. The average Bonchev–Trinajstić information content (AvgIpc) is 3.88. The van der Waals surface area contributed by atoms with Crippen LogP contribution in [-0.2, 0) is 31.5 Å². The molecule has 1 aliphatic rings. The highest BCUT2D eigenvalue weighted by Crippen LogP contribution is 2.46. The smallest absolute Gasteiger partial charge is 0.352 e. The van der Waals surface area contributed by atoms with Crippen molar-refractivity contribution in [3.8, 4) is 22.6 Å². The van der Waals surface area contributed by atoms with E-state index in [0.29, 0.717) is 79.0 Å². The molecule has 340 valence electrons. The summed E-state index contributed by atoms with van der Waals surface area (Å²) in [5.74, 6) is -0.00489. The lowest BCUT2D eigenvalue weighted by Crippen LogP contribution is -2.43. The summed E-state index contributed by atoms with van der Waals surface area (Å²) in [6.07, 6.45) is 1.15. The summed E-state index contributed by atoms with van der Waals surface area (Å²) in [6.45, 7) is 19.1. The minimum Gasteiger partial charge on any atom is -0.494 e. The van der Waals surface area contributed by atoms with Crippen molar-refractivity contribution in [2.45, 2.75) is 92.5 Å². The van der Waals surface area contributed by atoms with Crippen LogP contribution in [0.15, 0.2) is 72.8 Å². The zero-order valence-corrected chi connectivity index (χ0v) is 41.2. The number of hydrogen-bond donors (Lipinski definition) is 1. The highest BCUT2D eigenvalue weighted by Gasteiger charge is 2.38. The van der Waals surface area contributed by atoms with Gasteiger partial charge in [-0.2, -0.15) is 5.10 Å². The molecule has 0 radical (unpaired) electrons. The first-order valence-electron chi connectivity index (χ1n) is 22.2. The van der Waals surface area contributed by atoms with Gasteiger partial charge in [-0.3, -0.25) is 4.79 Å². The van der Waals surface area contributed by atoms with E-state index in [1.165, 1.54) is 0 Å². The van der Waals surface area contributed by atoms with E-state index in [-0.39, 0.29) is 17.6 Å². The molecule has 0 bridgehead atoms. The first kappa shape index (κ1) is 46.0. The van der Waals surface area contributed by atoms with Gasteiger partial charge in [0.1, 0.15) is 36.2 Å². The van der Waals surface area contributed by atoms with Gasteiger partial charge in [-0.25, -0.2) is 9.48 Å². The van der Waals surface area contributed by atoms with Gasteiger partial charge in [-0.1, -0.05) is 79.2 Å². The van der Waals surface area contributed by atoms with Crippen LogP contribution in [-0.4, -0.2) is 63.7 Å². The van der Waals surface area contributed by atoms with Crippen LogP contribution in [0.1, 0.15) is 74.0 Å². The summed E-state index contributed by atoms with van der Waals surface area (Å²) in [5.41, 5.74) is 9.95. The first-order valence-corrected chi connectivity index (χ1v) is 26.6. The van der Waals surface area contributed by atoms with Crippen LogP contribution < -0.4 is 14.4 Å². The number of carboxylic acids is 1. The fraction of sp³-hybridized carbons (Fsp3) is 0.353. The van der Waals surface area contributed by atoms with E-state index in [1.807, 2.05) is 99.1 Å². The Kier molecular flexibility index (Phi) is 13.0. The summed E-state index contributed by atoms with van der Waals surface area (Å²) >= 11 is 13.8. The van der Waals surface area contributed by atoms with Crippen LogP contribution in [0.5, 0.6) is 11.5 Å². The summed E-state index contributed by atoms with van der Waals surface area (Å²) in [6, 6.07) is 23.8. The van der Waals surface area contributed by atoms with Gasteiger partial charge < -0.3 is 33.4 Å². The molecule has 0 fully saturated rings. The highest BCUT2D eigenvalue weighted by molar-refractivity contribution is 6.76. The van der Waals surface area contributed by atoms with Crippen LogP contribution >= 0.6 is 23.2 Å². The van der Waals surface area contributed by atoms with E-state index < -0.39 is 14.0 Å². The molecule has 0 spiro atoms. The number of ether oxygens (including phenoxy) is 3. The van der Waals surface area contributed by atoms with E-state index in [1.54, 1.807) is 22.6 Å². The van der Waals surface area contributed by atoms with E-state index in [9.17, 15) is 9.90 Å². The number of nitrogens with zero attached hydrogens (tertiary/aromatic N) is 5. The van der Waals surface area contributed by atoms with Crippen LogP contribution in [0.3, 0.4) is 0 Å². The molecule has 8 rings (SSSR count). The van der Waals surface area contributed by atoms with Crippen molar-refractivity contribution < 1.29 is 28.9 Å². The number of halogens is 2. The minimum atomic E-state index is -1.28. The third-order valence-corrected chi connectivity index (χ3v) is 15.1. The molecule has 11 nitrogen and oxygen atoms in total. The zero-order chi connectivity index (χ0) is 46.5. The molecule has 14 heteroatoms. The number of hydrogen-bond acceptors (Lipinski definition) is 6. The molecule has 0 aliphatic carbocycles. The summed E-state index contributed by atoms with van der Waals surface area (Å²) in [5, 5.41) is 18.1. The number of aryl methyl sites for hydroxylation is 5. The quantitative estimate of drug-likeness (QED) is 0.0758. The Balaban J connectivity index is 1.25. The molecule has 65 heavy (non-hydrogen) atoms. The molecule has 7 aromatic rings. The summed E-state index contributed by atoms with van der Waals surface area (Å²) in [4.78, 5) is 29.9. The number of carboxylic acid groups (broad SMARTS) is 1. The Bertz CT molecular complexity index is 2940. The second-order valence-electron chi connectivity index (χ2n) is 18.5. The van der Waals surface area contributed by atoms with Crippen LogP contribution in [0, 0.1) is 27.7 Å². The van der Waals surface area contributed by atoms with Gasteiger partial charge in [-0.15, -0.1) is 0 Å². The maximum atomic E-state index is 15.6.